The number of amides is 1. The van der Waals surface area contributed by atoms with Gasteiger partial charge in [-0.2, -0.15) is 0 Å². The normalized spacial score (nSPS) is 14.9. The number of tetrazole rings is 1. The van der Waals surface area contributed by atoms with Crippen LogP contribution in [0.25, 0.3) is 0 Å². The summed E-state index contributed by atoms with van der Waals surface area (Å²) < 4.78 is 14.5. The zero-order chi connectivity index (χ0) is 17.7. The van der Waals surface area contributed by atoms with Crippen molar-refractivity contribution in [2.45, 2.75) is 39.3 Å². The smallest absolute Gasteiger partial charge is 0.245 e. The second kappa shape index (κ2) is 7.96. The maximum absolute atomic E-state index is 13.1. The molecule has 0 radical (unpaired) electrons. The molecule has 0 aliphatic carbocycles. The van der Waals surface area contributed by atoms with E-state index in [-0.39, 0.29) is 30.3 Å². The molecule has 2 aromatic rings. The Balaban J connectivity index is 2.21. The third kappa shape index (κ3) is 4.35. The monoisotopic (exact) mass is 335 g/mol. The van der Waals surface area contributed by atoms with Gasteiger partial charge in [-0.3, -0.25) is 4.79 Å². The van der Waals surface area contributed by atoms with Crippen LogP contribution in [0.1, 0.15) is 31.3 Å². The van der Waals surface area contributed by atoms with Gasteiger partial charge in [-0.15, -0.1) is 5.10 Å². The van der Waals surface area contributed by atoms with Gasteiger partial charge in [-0.25, -0.2) is 9.07 Å². The first-order valence-electron chi connectivity index (χ1n) is 7.82. The molecule has 0 bridgehead atoms. The highest BCUT2D eigenvalue weighted by atomic mass is 19.1. The molecule has 0 spiro atoms. The van der Waals surface area contributed by atoms with Gasteiger partial charge in [0.2, 0.25) is 5.91 Å². The minimum Gasteiger partial charge on any atom is -0.396 e. The SMILES string of the molecule is Cc1nnnn1C(Cc1ccc(F)cc1)C(=O)NC(C)C(C)CO. The molecule has 0 saturated carbocycles. The fourth-order valence-electron chi connectivity index (χ4n) is 2.28. The number of hydrogen-bond acceptors (Lipinski definition) is 5. The van der Waals surface area contributed by atoms with Gasteiger partial charge in [0.1, 0.15) is 17.7 Å². The summed E-state index contributed by atoms with van der Waals surface area (Å²) in [5, 5.41) is 23.4. The Kier molecular flexibility index (Phi) is 5.97. The lowest BCUT2D eigenvalue weighted by Gasteiger charge is -2.23. The van der Waals surface area contributed by atoms with E-state index in [0.29, 0.717) is 12.2 Å². The number of carbonyl (C=O) groups excluding carboxylic acids is 1. The molecule has 130 valence electrons. The third-order valence-electron chi connectivity index (χ3n) is 4.11. The number of aryl methyl sites for hydroxylation is 1. The number of aromatic nitrogens is 4. The Bertz CT molecular complexity index is 673. The number of hydrogen-bond donors (Lipinski definition) is 2. The van der Waals surface area contributed by atoms with Gasteiger partial charge >= 0.3 is 0 Å². The van der Waals surface area contributed by atoms with Crippen LogP contribution in [-0.4, -0.2) is 43.9 Å². The van der Waals surface area contributed by atoms with Crippen LogP contribution in [0.2, 0.25) is 0 Å². The minimum absolute atomic E-state index is 0.0199. The second-order valence-corrected chi connectivity index (χ2v) is 5.97. The lowest BCUT2D eigenvalue weighted by atomic mass is 10.0. The van der Waals surface area contributed by atoms with Crippen molar-refractivity contribution in [3.05, 3.63) is 41.5 Å². The summed E-state index contributed by atoms with van der Waals surface area (Å²) in [6, 6.07) is 5.12. The van der Waals surface area contributed by atoms with Crippen molar-refractivity contribution < 1.29 is 14.3 Å². The summed E-state index contributed by atoms with van der Waals surface area (Å²) in [7, 11) is 0. The molecule has 3 unspecified atom stereocenters. The minimum atomic E-state index is -0.654. The van der Waals surface area contributed by atoms with Crippen molar-refractivity contribution in [2.24, 2.45) is 5.92 Å². The van der Waals surface area contributed by atoms with Gasteiger partial charge in [0, 0.05) is 19.1 Å². The Morgan fingerprint density at radius 1 is 1.33 bits per heavy atom. The lowest BCUT2D eigenvalue weighted by molar-refractivity contribution is -0.125. The maximum Gasteiger partial charge on any atom is 0.245 e. The molecule has 8 heteroatoms. The molecule has 0 aliphatic rings. The predicted octanol–water partition coefficient (Wildman–Crippen LogP) is 1.04. The molecule has 1 aromatic heterocycles. The molecule has 24 heavy (non-hydrogen) atoms. The van der Waals surface area contributed by atoms with Gasteiger partial charge in [-0.05, 0) is 47.9 Å². The summed E-state index contributed by atoms with van der Waals surface area (Å²) in [6.07, 6.45) is 0.332. The molecular formula is C16H22FN5O2. The van der Waals surface area contributed by atoms with Gasteiger partial charge in [0.15, 0.2) is 0 Å². The Morgan fingerprint density at radius 3 is 2.54 bits per heavy atom. The number of aliphatic hydroxyl groups is 1. The van der Waals surface area contributed by atoms with E-state index >= 15 is 0 Å². The van der Waals surface area contributed by atoms with E-state index in [1.54, 1.807) is 19.1 Å². The van der Waals surface area contributed by atoms with E-state index in [1.807, 2.05) is 13.8 Å². The first kappa shape index (κ1) is 18.0. The van der Waals surface area contributed by atoms with Crippen molar-refractivity contribution in [1.29, 1.82) is 0 Å². The average molecular weight is 335 g/mol. The molecule has 3 atom stereocenters. The topological polar surface area (TPSA) is 92.9 Å². The fourth-order valence-corrected chi connectivity index (χ4v) is 2.28. The molecule has 7 nitrogen and oxygen atoms in total. The Labute approximate surface area is 139 Å². The molecule has 0 saturated heterocycles. The fraction of sp³-hybridized carbons (Fsp3) is 0.500. The standard InChI is InChI=1S/C16H22FN5O2/c1-10(9-23)11(2)18-16(24)15(22-12(3)19-20-21-22)8-13-4-6-14(17)7-5-13/h4-7,10-11,15,23H,8-9H2,1-3H3,(H,18,24). The quantitative estimate of drug-likeness (QED) is 0.788. The zero-order valence-corrected chi connectivity index (χ0v) is 14.0. The first-order valence-corrected chi connectivity index (χ1v) is 7.82. The van der Waals surface area contributed by atoms with E-state index in [4.69, 9.17) is 0 Å². The largest absolute Gasteiger partial charge is 0.396 e. The summed E-state index contributed by atoms with van der Waals surface area (Å²) in [4.78, 5) is 12.7. The van der Waals surface area contributed by atoms with Gasteiger partial charge in [0.25, 0.3) is 0 Å². The van der Waals surface area contributed by atoms with Crippen LogP contribution in [0.4, 0.5) is 4.39 Å². The van der Waals surface area contributed by atoms with Crippen LogP contribution in [-0.2, 0) is 11.2 Å². The highest BCUT2D eigenvalue weighted by molar-refractivity contribution is 5.80. The number of nitrogens with one attached hydrogen (secondary N) is 1. The number of aliphatic hydroxyl groups excluding tert-OH is 1. The zero-order valence-electron chi connectivity index (χ0n) is 14.0. The highest BCUT2D eigenvalue weighted by Gasteiger charge is 2.26. The van der Waals surface area contributed by atoms with Crippen molar-refractivity contribution in [1.82, 2.24) is 25.5 Å². The number of nitrogens with zero attached hydrogens (tertiary/aromatic N) is 4. The average Bonchev–Trinajstić information content (AvgIpc) is 2.99. The van der Waals surface area contributed by atoms with Crippen LogP contribution in [0.15, 0.2) is 24.3 Å². The molecule has 0 aliphatic heterocycles. The predicted molar refractivity (Wildman–Crippen MR) is 85.5 cm³/mol. The van der Waals surface area contributed by atoms with E-state index in [9.17, 15) is 14.3 Å². The highest BCUT2D eigenvalue weighted by Crippen LogP contribution is 2.16. The number of carbonyl (C=O) groups is 1. The van der Waals surface area contributed by atoms with Crippen LogP contribution < -0.4 is 5.32 Å². The Morgan fingerprint density at radius 2 is 2.00 bits per heavy atom. The molecule has 2 N–H and O–H groups in total. The van der Waals surface area contributed by atoms with E-state index in [2.05, 4.69) is 20.8 Å². The summed E-state index contributed by atoms with van der Waals surface area (Å²) >= 11 is 0. The number of rotatable bonds is 7. The van der Waals surface area contributed by atoms with Crippen molar-refractivity contribution in [3.63, 3.8) is 0 Å². The van der Waals surface area contributed by atoms with Crippen molar-refractivity contribution in [2.75, 3.05) is 6.61 Å². The van der Waals surface area contributed by atoms with Crippen LogP contribution >= 0.6 is 0 Å². The van der Waals surface area contributed by atoms with E-state index < -0.39 is 6.04 Å². The second-order valence-electron chi connectivity index (χ2n) is 5.97. The van der Waals surface area contributed by atoms with Gasteiger partial charge in [0.05, 0.1) is 0 Å². The maximum atomic E-state index is 13.1. The Hall–Kier alpha value is -2.35. The van der Waals surface area contributed by atoms with Crippen molar-refractivity contribution in [3.8, 4) is 0 Å². The molecule has 2 rings (SSSR count). The van der Waals surface area contributed by atoms with Crippen LogP contribution in [0, 0.1) is 18.7 Å². The first-order chi connectivity index (χ1) is 11.4. The summed E-state index contributed by atoms with van der Waals surface area (Å²) in [6.45, 7) is 5.38. The molecule has 1 heterocycles. The molecule has 1 aromatic carbocycles. The molecule has 0 fully saturated rings. The summed E-state index contributed by atoms with van der Waals surface area (Å²) in [5.74, 6) is -0.137. The van der Waals surface area contributed by atoms with Gasteiger partial charge in [-0.1, -0.05) is 19.1 Å². The van der Waals surface area contributed by atoms with Crippen molar-refractivity contribution >= 4 is 5.91 Å². The number of benzene rings is 1. The number of halogens is 1. The third-order valence-corrected chi connectivity index (χ3v) is 4.11. The molecule has 1 amide bonds. The van der Waals surface area contributed by atoms with Crippen LogP contribution in [0.5, 0.6) is 0 Å². The summed E-state index contributed by atoms with van der Waals surface area (Å²) in [5.41, 5.74) is 0.800. The van der Waals surface area contributed by atoms with E-state index in [0.717, 1.165) is 5.56 Å². The lowest BCUT2D eigenvalue weighted by Crippen LogP contribution is -2.43. The van der Waals surface area contributed by atoms with Crippen LogP contribution in [0.3, 0.4) is 0 Å². The van der Waals surface area contributed by atoms with E-state index in [1.165, 1.54) is 16.8 Å². The van der Waals surface area contributed by atoms with Gasteiger partial charge < -0.3 is 10.4 Å². The molecular weight excluding hydrogens is 313 g/mol.